The smallest absolute Gasteiger partial charge is 0.328 e. The average Bonchev–Trinajstić information content (AvgIpc) is 2.97. The molecule has 11 heteroatoms. The lowest BCUT2D eigenvalue weighted by molar-refractivity contribution is 0.0953. The first kappa shape index (κ1) is 32.4. The van der Waals surface area contributed by atoms with E-state index in [-0.39, 0.29) is 24.2 Å². The van der Waals surface area contributed by atoms with E-state index in [1.54, 1.807) is 12.1 Å². The summed E-state index contributed by atoms with van der Waals surface area (Å²) in [5.41, 5.74) is 2.34. The molecule has 4 rings (SSSR count). The van der Waals surface area contributed by atoms with Gasteiger partial charge < -0.3 is 21.3 Å². The number of para-hydroxylation sites is 1. The van der Waals surface area contributed by atoms with Crippen LogP contribution in [0.4, 0.5) is 31.0 Å². The van der Waals surface area contributed by atoms with Crippen LogP contribution in [0.3, 0.4) is 0 Å². The normalized spacial score (nSPS) is 12.3. The van der Waals surface area contributed by atoms with Gasteiger partial charge in [-0.2, -0.15) is 4.98 Å². The van der Waals surface area contributed by atoms with E-state index in [9.17, 15) is 18.4 Å². The molecular weight excluding hydrogens is 540 g/mol. The van der Waals surface area contributed by atoms with Gasteiger partial charge in [-0.1, -0.05) is 46.8 Å². The van der Waals surface area contributed by atoms with E-state index in [1.807, 2.05) is 33.8 Å². The van der Waals surface area contributed by atoms with Gasteiger partial charge in [0.25, 0.3) is 5.91 Å². The van der Waals surface area contributed by atoms with Crippen LogP contribution in [0, 0.1) is 18.6 Å². The molecule has 4 N–H and O–H groups in total. The third kappa shape index (κ3) is 7.58. The molecule has 9 nitrogen and oxygen atoms in total. The summed E-state index contributed by atoms with van der Waals surface area (Å²) in [5.74, 6) is -1.74. The van der Waals surface area contributed by atoms with Crippen molar-refractivity contribution >= 4 is 29.4 Å². The number of nitrogens with zero attached hydrogens (tertiary/aromatic N) is 3. The molecular formula is C31H41F2N7O2. The number of carbonyl (C=O) groups excluding carboxylic acids is 2. The Balaban J connectivity index is 0.00000237. The minimum Gasteiger partial charge on any atom is -0.354 e. The summed E-state index contributed by atoms with van der Waals surface area (Å²) >= 11 is 0. The van der Waals surface area contributed by atoms with Crippen LogP contribution in [0.1, 0.15) is 68.9 Å². The Kier molecular flexibility index (Phi) is 11.7. The molecule has 0 bridgehead atoms. The van der Waals surface area contributed by atoms with Gasteiger partial charge in [0, 0.05) is 35.8 Å². The zero-order valence-electron chi connectivity index (χ0n) is 25.2. The number of aryl methyl sites for hydroxylation is 1. The van der Waals surface area contributed by atoms with Crippen molar-refractivity contribution in [2.75, 3.05) is 29.9 Å². The zero-order valence-corrected chi connectivity index (χ0v) is 25.2. The third-order valence-electron chi connectivity index (χ3n) is 6.46. The van der Waals surface area contributed by atoms with Crippen LogP contribution in [0.5, 0.6) is 0 Å². The third-order valence-corrected chi connectivity index (χ3v) is 6.46. The molecule has 42 heavy (non-hydrogen) atoms. The lowest BCUT2D eigenvalue weighted by Gasteiger charge is -2.31. The number of hydrogen-bond acceptors (Lipinski definition) is 6. The number of benzene rings is 2. The van der Waals surface area contributed by atoms with E-state index in [4.69, 9.17) is 4.98 Å². The summed E-state index contributed by atoms with van der Waals surface area (Å²) in [6, 6.07) is 8.35. The van der Waals surface area contributed by atoms with Gasteiger partial charge in [0.2, 0.25) is 5.95 Å². The Morgan fingerprint density at radius 1 is 1.07 bits per heavy atom. The molecule has 0 saturated carbocycles. The highest BCUT2D eigenvalue weighted by atomic mass is 19.1. The van der Waals surface area contributed by atoms with Gasteiger partial charge in [-0.3, -0.25) is 4.79 Å². The van der Waals surface area contributed by atoms with Crippen LogP contribution in [0.25, 0.3) is 11.3 Å². The number of nitrogens with one attached hydrogen (secondary N) is 4. The lowest BCUT2D eigenvalue weighted by Crippen LogP contribution is -2.43. The van der Waals surface area contributed by atoms with Gasteiger partial charge in [-0.15, -0.1) is 0 Å². The van der Waals surface area contributed by atoms with E-state index >= 15 is 0 Å². The molecule has 1 aliphatic heterocycles. The Morgan fingerprint density at radius 3 is 2.45 bits per heavy atom. The Hall–Kier alpha value is -4.12. The van der Waals surface area contributed by atoms with Crippen molar-refractivity contribution in [1.82, 2.24) is 25.9 Å². The number of halogens is 2. The molecule has 0 atom stereocenters. The predicted octanol–water partition coefficient (Wildman–Crippen LogP) is 6.06. The number of rotatable bonds is 11. The molecule has 1 aromatic heterocycles. The Bertz CT molecular complexity index is 1380. The fraction of sp³-hybridized carbons (Fsp3) is 0.419. The quantitative estimate of drug-likeness (QED) is 0.205. The predicted molar refractivity (Wildman–Crippen MR) is 163 cm³/mol. The van der Waals surface area contributed by atoms with Crippen molar-refractivity contribution in [3.63, 3.8) is 0 Å². The van der Waals surface area contributed by atoms with Crippen molar-refractivity contribution < 1.29 is 18.4 Å². The summed E-state index contributed by atoms with van der Waals surface area (Å²) in [4.78, 5) is 36.0. The van der Waals surface area contributed by atoms with E-state index in [2.05, 4.69) is 40.1 Å². The minimum absolute atomic E-state index is 0.0420. The highest BCUT2D eigenvalue weighted by molar-refractivity contribution is 6.02. The number of carbonyl (C=O) groups is 2. The van der Waals surface area contributed by atoms with Crippen LogP contribution in [0.15, 0.2) is 36.4 Å². The van der Waals surface area contributed by atoms with Gasteiger partial charge in [-0.05, 0) is 56.1 Å². The van der Waals surface area contributed by atoms with E-state index in [0.29, 0.717) is 41.5 Å². The fourth-order valence-corrected chi connectivity index (χ4v) is 4.41. The SMILES string of the molecule is CC.CCCNC(=O)c1ccc(C)c(-c2nc(NCCCNC(C)C)nc3c2CNC(=O)N3c2c(F)cccc2F)c1. The van der Waals surface area contributed by atoms with Crippen LogP contribution in [-0.2, 0) is 6.54 Å². The van der Waals surface area contributed by atoms with Crippen LogP contribution in [0.2, 0.25) is 0 Å². The molecule has 2 aromatic carbocycles. The summed E-state index contributed by atoms with van der Waals surface area (Å²) in [7, 11) is 0. The van der Waals surface area contributed by atoms with E-state index < -0.39 is 23.4 Å². The maximum Gasteiger partial charge on any atom is 0.328 e. The number of urea groups is 1. The molecule has 0 aliphatic carbocycles. The lowest BCUT2D eigenvalue weighted by atomic mass is 9.97. The van der Waals surface area contributed by atoms with Gasteiger partial charge in [-0.25, -0.2) is 23.5 Å². The topological polar surface area (TPSA) is 111 Å². The van der Waals surface area contributed by atoms with Crippen LogP contribution < -0.4 is 26.2 Å². The molecule has 3 aromatic rings. The highest BCUT2D eigenvalue weighted by Gasteiger charge is 2.34. The monoisotopic (exact) mass is 581 g/mol. The van der Waals surface area contributed by atoms with Crippen LogP contribution >= 0.6 is 0 Å². The number of amides is 3. The average molecular weight is 582 g/mol. The van der Waals surface area contributed by atoms with E-state index in [1.165, 1.54) is 6.07 Å². The first-order valence-corrected chi connectivity index (χ1v) is 14.5. The molecule has 1 aliphatic rings. The summed E-state index contributed by atoms with van der Waals surface area (Å²) < 4.78 is 29.8. The van der Waals surface area contributed by atoms with Gasteiger partial charge in [0.05, 0.1) is 12.2 Å². The summed E-state index contributed by atoms with van der Waals surface area (Å²) in [5, 5.41) is 12.1. The maximum absolute atomic E-state index is 14.9. The molecule has 0 radical (unpaired) electrons. The fourth-order valence-electron chi connectivity index (χ4n) is 4.41. The Labute approximate surface area is 246 Å². The highest BCUT2D eigenvalue weighted by Crippen LogP contribution is 2.39. The first-order valence-electron chi connectivity index (χ1n) is 14.5. The van der Waals surface area contributed by atoms with Gasteiger partial charge in [0.1, 0.15) is 17.3 Å². The molecule has 2 heterocycles. The number of aromatic nitrogens is 2. The van der Waals surface area contributed by atoms with Crippen molar-refractivity contribution in [2.45, 2.75) is 67.0 Å². The second kappa shape index (κ2) is 15.2. The largest absolute Gasteiger partial charge is 0.354 e. The minimum atomic E-state index is -0.900. The molecule has 0 spiro atoms. The number of hydrogen-bond donors (Lipinski definition) is 4. The van der Waals surface area contributed by atoms with Gasteiger partial charge >= 0.3 is 6.03 Å². The van der Waals surface area contributed by atoms with Crippen molar-refractivity contribution in [1.29, 1.82) is 0 Å². The second-order valence-electron chi connectivity index (χ2n) is 9.94. The molecule has 0 fully saturated rings. The summed E-state index contributed by atoms with van der Waals surface area (Å²) in [6.07, 6.45) is 1.57. The first-order chi connectivity index (χ1) is 20.2. The van der Waals surface area contributed by atoms with E-state index in [0.717, 1.165) is 42.0 Å². The summed E-state index contributed by atoms with van der Waals surface area (Å²) in [6.45, 7) is 13.9. The molecule has 0 saturated heterocycles. The standard InChI is InChI=1S/C29H35F2N7O2.C2H6/c1-5-12-33-27(39)19-11-10-18(4)20(15-19)24-21-16-35-29(40)38(25-22(30)8-6-9-23(25)31)26(21)37-28(36-24)34-14-7-13-32-17(2)3;1-2/h6,8-11,15,17,32H,5,7,12-14,16H2,1-4H3,(H,33,39)(H,35,40)(H,34,36,37);1-2H3. The van der Waals surface area contributed by atoms with Crippen LogP contribution in [-0.4, -0.2) is 47.6 Å². The second-order valence-corrected chi connectivity index (χ2v) is 9.94. The van der Waals surface area contributed by atoms with Crippen molar-refractivity contribution in [3.05, 3.63) is 64.7 Å². The molecule has 0 unspecified atom stereocenters. The van der Waals surface area contributed by atoms with Crippen molar-refractivity contribution in [2.24, 2.45) is 0 Å². The number of anilines is 3. The molecule has 226 valence electrons. The van der Waals surface area contributed by atoms with Crippen molar-refractivity contribution in [3.8, 4) is 11.3 Å². The Morgan fingerprint density at radius 2 is 1.79 bits per heavy atom. The number of fused-ring (bicyclic) bond motifs is 1. The zero-order chi connectivity index (χ0) is 30.8. The molecule has 3 amide bonds. The van der Waals surface area contributed by atoms with Gasteiger partial charge in [0.15, 0.2) is 5.82 Å². The maximum atomic E-state index is 14.9.